The summed E-state index contributed by atoms with van der Waals surface area (Å²) in [4.78, 5) is 23.2. The van der Waals surface area contributed by atoms with Crippen LogP contribution in [0.5, 0.6) is 5.75 Å². The molecule has 2 unspecified atom stereocenters. The first kappa shape index (κ1) is 19.2. The van der Waals surface area contributed by atoms with Crippen LogP contribution in [-0.4, -0.2) is 50.4 Å². The maximum atomic E-state index is 12.5. The fourth-order valence-corrected chi connectivity index (χ4v) is 3.65. The predicted octanol–water partition coefficient (Wildman–Crippen LogP) is 1.38. The van der Waals surface area contributed by atoms with Crippen molar-refractivity contribution < 1.29 is 27.9 Å². The first-order valence-electron chi connectivity index (χ1n) is 7.91. The normalized spacial score (nSPS) is 20.0. The third kappa shape index (κ3) is 3.93. The maximum Gasteiger partial charge on any atom is 0.307 e. The molecule has 8 nitrogen and oxygen atoms in total. The van der Waals surface area contributed by atoms with E-state index in [1.54, 1.807) is 6.92 Å². The van der Waals surface area contributed by atoms with E-state index in [0.717, 1.165) is 4.31 Å². The molecule has 9 heteroatoms. The van der Waals surface area contributed by atoms with Gasteiger partial charge >= 0.3 is 5.97 Å². The zero-order valence-electron chi connectivity index (χ0n) is 14.4. The van der Waals surface area contributed by atoms with Crippen molar-refractivity contribution in [2.24, 2.45) is 11.8 Å². The van der Waals surface area contributed by atoms with Gasteiger partial charge in [0.2, 0.25) is 15.9 Å². The molecule has 0 aromatic heterocycles. The van der Waals surface area contributed by atoms with Gasteiger partial charge in [0.05, 0.1) is 18.4 Å². The van der Waals surface area contributed by atoms with Crippen molar-refractivity contribution in [3.05, 3.63) is 18.2 Å². The molecule has 1 aliphatic carbocycles. The lowest BCUT2D eigenvalue weighted by molar-refractivity contribution is -0.151. The number of carboxylic acids is 1. The van der Waals surface area contributed by atoms with Gasteiger partial charge in [0.25, 0.3) is 0 Å². The Morgan fingerprint density at radius 2 is 1.92 bits per heavy atom. The van der Waals surface area contributed by atoms with Crippen LogP contribution in [0.15, 0.2) is 23.1 Å². The van der Waals surface area contributed by atoms with E-state index in [-0.39, 0.29) is 16.3 Å². The van der Waals surface area contributed by atoms with Crippen molar-refractivity contribution in [3.8, 4) is 5.75 Å². The summed E-state index contributed by atoms with van der Waals surface area (Å²) in [5.41, 5.74) is 0.282. The van der Waals surface area contributed by atoms with E-state index in [4.69, 9.17) is 9.84 Å². The molecule has 0 heterocycles. The number of aliphatic carboxylic acids is 1. The maximum absolute atomic E-state index is 12.5. The Morgan fingerprint density at radius 1 is 1.28 bits per heavy atom. The number of carboxylic acid groups (broad SMARTS) is 1. The average Bonchev–Trinajstić information content (AvgIpc) is 2.46. The number of ether oxygens (including phenoxy) is 1. The Morgan fingerprint density at radius 3 is 2.40 bits per heavy atom. The van der Waals surface area contributed by atoms with Crippen molar-refractivity contribution in [3.63, 3.8) is 0 Å². The van der Waals surface area contributed by atoms with Gasteiger partial charge in [-0.3, -0.25) is 9.59 Å². The van der Waals surface area contributed by atoms with Gasteiger partial charge in [0, 0.05) is 19.8 Å². The number of hydrogen-bond acceptors (Lipinski definition) is 5. The molecule has 0 saturated heterocycles. The fourth-order valence-electron chi connectivity index (χ4n) is 2.60. The minimum Gasteiger partial charge on any atom is -0.492 e. The number of sulfonamides is 1. The summed E-state index contributed by atoms with van der Waals surface area (Å²) in [5.74, 6) is -2.50. The van der Waals surface area contributed by atoms with Crippen LogP contribution in [0.4, 0.5) is 5.69 Å². The summed E-state index contributed by atoms with van der Waals surface area (Å²) in [6.45, 7) is 2.04. The third-order valence-corrected chi connectivity index (χ3v) is 6.03. The summed E-state index contributed by atoms with van der Waals surface area (Å²) in [6.07, 6.45) is 0.972. The Balaban J connectivity index is 2.28. The second-order valence-electron chi connectivity index (χ2n) is 6.00. The first-order valence-corrected chi connectivity index (χ1v) is 9.35. The SMILES string of the molecule is CCOc1ccc(NC(=O)C2CCC2C(=O)O)cc1S(=O)(=O)N(C)C. The highest BCUT2D eigenvalue weighted by molar-refractivity contribution is 7.89. The van der Waals surface area contributed by atoms with Gasteiger partial charge in [-0.1, -0.05) is 0 Å². The Labute approximate surface area is 146 Å². The highest BCUT2D eigenvalue weighted by Crippen LogP contribution is 2.36. The fraction of sp³-hybridized carbons (Fsp3) is 0.500. The number of benzene rings is 1. The highest BCUT2D eigenvalue weighted by Gasteiger charge is 2.41. The molecule has 0 aliphatic heterocycles. The van der Waals surface area contributed by atoms with E-state index in [2.05, 4.69) is 5.32 Å². The van der Waals surface area contributed by atoms with Crippen LogP contribution in [0.2, 0.25) is 0 Å². The zero-order chi connectivity index (χ0) is 18.8. The average molecular weight is 370 g/mol. The van der Waals surface area contributed by atoms with E-state index in [0.29, 0.717) is 19.4 Å². The summed E-state index contributed by atoms with van der Waals surface area (Å²) in [7, 11) is -0.951. The number of amides is 1. The Kier molecular flexibility index (Phi) is 5.69. The standard InChI is InChI=1S/C16H22N2O6S/c1-4-24-13-8-5-10(9-14(13)25(22,23)18(2)3)17-15(19)11-6-7-12(11)16(20)21/h5,8-9,11-12H,4,6-7H2,1-3H3,(H,17,19)(H,20,21). The van der Waals surface area contributed by atoms with Crippen molar-refractivity contribution in [2.75, 3.05) is 26.0 Å². The second kappa shape index (κ2) is 7.40. The largest absolute Gasteiger partial charge is 0.492 e. The van der Waals surface area contributed by atoms with E-state index in [1.807, 2.05) is 0 Å². The molecule has 138 valence electrons. The minimum absolute atomic E-state index is 0.0551. The van der Waals surface area contributed by atoms with Crippen molar-refractivity contribution >= 4 is 27.6 Å². The molecule has 1 aromatic rings. The van der Waals surface area contributed by atoms with Crippen LogP contribution in [0.25, 0.3) is 0 Å². The molecule has 1 amide bonds. The van der Waals surface area contributed by atoms with Gasteiger partial charge in [-0.25, -0.2) is 12.7 Å². The van der Waals surface area contributed by atoms with Crippen LogP contribution >= 0.6 is 0 Å². The minimum atomic E-state index is -3.76. The van der Waals surface area contributed by atoms with Gasteiger partial charge in [-0.05, 0) is 38.0 Å². The van der Waals surface area contributed by atoms with Crippen molar-refractivity contribution in [1.82, 2.24) is 4.31 Å². The summed E-state index contributed by atoms with van der Waals surface area (Å²) in [5, 5.41) is 11.7. The zero-order valence-corrected chi connectivity index (χ0v) is 15.2. The number of nitrogens with one attached hydrogen (secondary N) is 1. The van der Waals surface area contributed by atoms with Crippen LogP contribution in [-0.2, 0) is 19.6 Å². The number of nitrogens with zero attached hydrogens (tertiary/aromatic N) is 1. The quantitative estimate of drug-likeness (QED) is 0.750. The summed E-state index contributed by atoms with van der Waals surface area (Å²) in [6, 6.07) is 4.34. The van der Waals surface area contributed by atoms with Crippen molar-refractivity contribution in [1.29, 1.82) is 0 Å². The lowest BCUT2D eigenvalue weighted by Gasteiger charge is -2.32. The molecule has 0 bridgehead atoms. The number of anilines is 1. The first-order chi connectivity index (χ1) is 11.7. The van der Waals surface area contributed by atoms with Crippen LogP contribution in [0, 0.1) is 11.8 Å². The summed E-state index contributed by atoms with van der Waals surface area (Å²) < 4.78 is 31.4. The Hall–Kier alpha value is -2.13. The Bertz CT molecular complexity index is 775. The molecule has 2 N–H and O–H groups in total. The van der Waals surface area contributed by atoms with Crippen LogP contribution in [0.1, 0.15) is 19.8 Å². The lowest BCUT2D eigenvalue weighted by atomic mass is 9.73. The molecular weight excluding hydrogens is 348 g/mol. The molecule has 1 saturated carbocycles. The molecular formula is C16H22N2O6S. The highest BCUT2D eigenvalue weighted by atomic mass is 32.2. The smallest absolute Gasteiger partial charge is 0.307 e. The van der Waals surface area contributed by atoms with E-state index in [9.17, 15) is 18.0 Å². The molecule has 2 atom stereocenters. The van der Waals surface area contributed by atoms with Gasteiger partial charge < -0.3 is 15.2 Å². The molecule has 25 heavy (non-hydrogen) atoms. The third-order valence-electron chi connectivity index (χ3n) is 4.20. The summed E-state index contributed by atoms with van der Waals surface area (Å²) >= 11 is 0. The number of hydrogen-bond donors (Lipinski definition) is 2. The molecule has 0 spiro atoms. The van der Waals surface area contributed by atoms with E-state index >= 15 is 0 Å². The lowest BCUT2D eigenvalue weighted by Crippen LogP contribution is -2.41. The van der Waals surface area contributed by atoms with Crippen LogP contribution < -0.4 is 10.1 Å². The molecule has 2 rings (SSSR count). The topological polar surface area (TPSA) is 113 Å². The number of carbonyl (C=O) groups is 2. The van der Waals surface area contributed by atoms with Gasteiger partial charge in [-0.2, -0.15) is 0 Å². The predicted molar refractivity (Wildman–Crippen MR) is 91.0 cm³/mol. The van der Waals surface area contributed by atoms with Gasteiger partial charge in [0.15, 0.2) is 0 Å². The number of rotatable bonds is 7. The molecule has 1 fully saturated rings. The van der Waals surface area contributed by atoms with Gasteiger partial charge in [0.1, 0.15) is 10.6 Å². The number of carbonyl (C=O) groups excluding carboxylic acids is 1. The second-order valence-corrected chi connectivity index (χ2v) is 8.12. The molecule has 1 aliphatic rings. The monoisotopic (exact) mass is 370 g/mol. The van der Waals surface area contributed by atoms with E-state index < -0.39 is 33.7 Å². The molecule has 1 aromatic carbocycles. The van der Waals surface area contributed by atoms with Gasteiger partial charge in [-0.15, -0.1) is 0 Å². The molecule has 0 radical (unpaired) electrons. The van der Waals surface area contributed by atoms with Crippen LogP contribution in [0.3, 0.4) is 0 Å². The van der Waals surface area contributed by atoms with Crippen molar-refractivity contribution in [2.45, 2.75) is 24.7 Å². The van der Waals surface area contributed by atoms with E-state index in [1.165, 1.54) is 32.3 Å².